The van der Waals surface area contributed by atoms with Gasteiger partial charge >= 0.3 is 5.97 Å². The lowest BCUT2D eigenvalue weighted by molar-refractivity contribution is -0.137. The second-order valence-electron chi connectivity index (χ2n) is 4.17. The van der Waals surface area contributed by atoms with Crippen molar-refractivity contribution in [2.24, 2.45) is 0 Å². The third-order valence-electron chi connectivity index (χ3n) is 2.25. The zero-order valence-corrected chi connectivity index (χ0v) is 10.5. The van der Waals surface area contributed by atoms with E-state index in [9.17, 15) is 9.59 Å². The monoisotopic (exact) mass is 251 g/mol. The second kappa shape index (κ2) is 6.64. The highest BCUT2D eigenvalue weighted by Crippen LogP contribution is 2.11. The molecule has 0 aromatic heterocycles. The first kappa shape index (κ1) is 14.0. The molecule has 0 aliphatic heterocycles. The topological polar surface area (TPSA) is 75.6 Å². The maximum Gasteiger partial charge on any atom is 0.305 e. The standard InChI is InChI=1S/C13H17NO4/c1-9-4-3-5-11(6-9)18-8-12(15)14-10(2)7-13(16)17/h3-6,10H,7-8H2,1-2H3,(H,14,15)(H,16,17). The summed E-state index contributed by atoms with van der Waals surface area (Å²) in [6, 6.07) is 6.96. The first-order valence-corrected chi connectivity index (χ1v) is 5.68. The van der Waals surface area contributed by atoms with Crippen molar-refractivity contribution in [1.29, 1.82) is 0 Å². The number of aliphatic carboxylic acids is 1. The summed E-state index contributed by atoms with van der Waals surface area (Å²) >= 11 is 0. The average molecular weight is 251 g/mol. The van der Waals surface area contributed by atoms with Gasteiger partial charge in [-0.15, -0.1) is 0 Å². The Morgan fingerprint density at radius 1 is 1.44 bits per heavy atom. The number of nitrogens with one attached hydrogen (secondary N) is 1. The molecule has 0 aliphatic carbocycles. The van der Waals surface area contributed by atoms with Gasteiger partial charge in [0, 0.05) is 6.04 Å². The van der Waals surface area contributed by atoms with Gasteiger partial charge in [0.1, 0.15) is 5.75 Å². The van der Waals surface area contributed by atoms with E-state index in [4.69, 9.17) is 9.84 Å². The molecule has 18 heavy (non-hydrogen) atoms. The van der Waals surface area contributed by atoms with Gasteiger partial charge in [-0.3, -0.25) is 9.59 Å². The van der Waals surface area contributed by atoms with Crippen molar-refractivity contribution in [3.8, 4) is 5.75 Å². The van der Waals surface area contributed by atoms with Crippen LogP contribution in [0.4, 0.5) is 0 Å². The predicted molar refractivity (Wildman–Crippen MR) is 66.5 cm³/mol. The number of carboxylic acids is 1. The van der Waals surface area contributed by atoms with E-state index in [1.807, 2.05) is 25.1 Å². The Morgan fingerprint density at radius 3 is 2.78 bits per heavy atom. The van der Waals surface area contributed by atoms with E-state index in [0.717, 1.165) is 5.56 Å². The minimum atomic E-state index is -0.942. The van der Waals surface area contributed by atoms with Crippen LogP contribution in [0.1, 0.15) is 18.9 Å². The maximum atomic E-state index is 11.5. The Labute approximate surface area is 106 Å². The number of benzene rings is 1. The van der Waals surface area contributed by atoms with Gasteiger partial charge in [-0.25, -0.2) is 0 Å². The van der Waals surface area contributed by atoms with Crippen molar-refractivity contribution in [1.82, 2.24) is 5.32 Å². The molecule has 1 aromatic rings. The summed E-state index contributed by atoms with van der Waals surface area (Å²) in [6.07, 6.45) is -0.101. The summed E-state index contributed by atoms with van der Waals surface area (Å²) in [5.41, 5.74) is 1.05. The van der Waals surface area contributed by atoms with E-state index < -0.39 is 12.0 Å². The molecule has 0 saturated heterocycles. The number of amides is 1. The third-order valence-corrected chi connectivity index (χ3v) is 2.25. The van der Waals surface area contributed by atoms with Crippen molar-refractivity contribution in [3.63, 3.8) is 0 Å². The molecule has 1 aromatic carbocycles. The molecule has 5 heteroatoms. The summed E-state index contributed by atoms with van der Waals surface area (Å²) < 4.78 is 5.30. The van der Waals surface area contributed by atoms with Gasteiger partial charge < -0.3 is 15.2 Å². The lowest BCUT2D eigenvalue weighted by atomic mass is 10.2. The minimum Gasteiger partial charge on any atom is -0.484 e. The van der Waals surface area contributed by atoms with Crippen molar-refractivity contribution >= 4 is 11.9 Å². The lowest BCUT2D eigenvalue weighted by Gasteiger charge is -2.12. The number of rotatable bonds is 6. The van der Waals surface area contributed by atoms with Gasteiger partial charge in [0.2, 0.25) is 0 Å². The number of hydrogen-bond acceptors (Lipinski definition) is 3. The Balaban J connectivity index is 2.35. The second-order valence-corrected chi connectivity index (χ2v) is 4.17. The van der Waals surface area contributed by atoms with E-state index in [0.29, 0.717) is 5.75 Å². The van der Waals surface area contributed by atoms with E-state index in [1.54, 1.807) is 13.0 Å². The van der Waals surface area contributed by atoms with Gasteiger partial charge in [0.15, 0.2) is 6.61 Å². The highest BCUT2D eigenvalue weighted by molar-refractivity contribution is 5.78. The molecule has 1 rings (SSSR count). The molecule has 1 amide bonds. The van der Waals surface area contributed by atoms with E-state index in [2.05, 4.69) is 5.32 Å². The number of carbonyl (C=O) groups excluding carboxylic acids is 1. The number of ether oxygens (including phenoxy) is 1. The normalized spacial score (nSPS) is 11.7. The van der Waals surface area contributed by atoms with Crippen LogP contribution in [0, 0.1) is 6.92 Å². The summed E-state index contributed by atoms with van der Waals surface area (Å²) in [6.45, 7) is 3.45. The highest BCUT2D eigenvalue weighted by atomic mass is 16.5. The number of carbonyl (C=O) groups is 2. The lowest BCUT2D eigenvalue weighted by Crippen LogP contribution is -2.37. The summed E-state index contributed by atoms with van der Waals surface area (Å²) in [7, 11) is 0. The molecule has 1 atom stereocenters. The van der Waals surface area contributed by atoms with E-state index in [1.165, 1.54) is 0 Å². The van der Waals surface area contributed by atoms with Crippen molar-refractivity contribution in [3.05, 3.63) is 29.8 Å². The fraction of sp³-hybridized carbons (Fsp3) is 0.385. The zero-order chi connectivity index (χ0) is 13.5. The van der Waals surface area contributed by atoms with Crippen LogP contribution in [0.25, 0.3) is 0 Å². The molecule has 0 aliphatic rings. The first-order chi connectivity index (χ1) is 8.47. The van der Waals surface area contributed by atoms with E-state index >= 15 is 0 Å². The Bertz CT molecular complexity index is 431. The molecular weight excluding hydrogens is 234 g/mol. The van der Waals surface area contributed by atoms with Crippen molar-refractivity contribution < 1.29 is 19.4 Å². The van der Waals surface area contributed by atoms with E-state index in [-0.39, 0.29) is 18.9 Å². The molecule has 0 radical (unpaired) electrons. The van der Waals surface area contributed by atoms with Gasteiger partial charge in [-0.1, -0.05) is 12.1 Å². The molecule has 2 N–H and O–H groups in total. The van der Waals surface area contributed by atoms with Crippen LogP contribution in [0.2, 0.25) is 0 Å². The van der Waals surface area contributed by atoms with Crippen LogP contribution in [0.5, 0.6) is 5.75 Å². The van der Waals surface area contributed by atoms with Crippen molar-refractivity contribution in [2.75, 3.05) is 6.61 Å². The molecule has 0 spiro atoms. The molecule has 1 unspecified atom stereocenters. The smallest absolute Gasteiger partial charge is 0.305 e. The van der Waals surface area contributed by atoms with Gasteiger partial charge in [-0.05, 0) is 31.5 Å². The SMILES string of the molecule is Cc1cccc(OCC(=O)NC(C)CC(=O)O)c1. The van der Waals surface area contributed by atoms with Crippen LogP contribution in [-0.2, 0) is 9.59 Å². The fourth-order valence-corrected chi connectivity index (χ4v) is 1.48. The summed E-state index contributed by atoms with van der Waals surface area (Å²) in [5, 5.41) is 11.1. The Morgan fingerprint density at radius 2 is 2.17 bits per heavy atom. The molecular formula is C13H17NO4. The molecule has 5 nitrogen and oxygen atoms in total. The number of aryl methyl sites for hydroxylation is 1. The van der Waals surface area contributed by atoms with Crippen LogP contribution in [0.3, 0.4) is 0 Å². The van der Waals surface area contributed by atoms with Crippen LogP contribution < -0.4 is 10.1 Å². The Hall–Kier alpha value is -2.04. The van der Waals surface area contributed by atoms with Gasteiger partial charge in [-0.2, -0.15) is 0 Å². The average Bonchev–Trinajstić information content (AvgIpc) is 2.25. The van der Waals surface area contributed by atoms with Crippen LogP contribution >= 0.6 is 0 Å². The number of carboxylic acid groups (broad SMARTS) is 1. The Kier molecular flexibility index (Phi) is 5.17. The number of hydrogen-bond donors (Lipinski definition) is 2. The summed E-state index contributed by atoms with van der Waals surface area (Å²) in [5.74, 6) is -0.649. The first-order valence-electron chi connectivity index (χ1n) is 5.68. The predicted octanol–water partition coefficient (Wildman–Crippen LogP) is 1.35. The molecule has 0 saturated carbocycles. The largest absolute Gasteiger partial charge is 0.484 e. The zero-order valence-electron chi connectivity index (χ0n) is 10.5. The summed E-state index contributed by atoms with van der Waals surface area (Å²) in [4.78, 5) is 21.9. The highest BCUT2D eigenvalue weighted by Gasteiger charge is 2.11. The van der Waals surface area contributed by atoms with Gasteiger partial charge in [0.25, 0.3) is 5.91 Å². The fourth-order valence-electron chi connectivity index (χ4n) is 1.48. The van der Waals surface area contributed by atoms with Crippen LogP contribution in [-0.4, -0.2) is 29.6 Å². The molecule has 98 valence electrons. The van der Waals surface area contributed by atoms with Crippen molar-refractivity contribution in [2.45, 2.75) is 26.3 Å². The molecule has 0 bridgehead atoms. The van der Waals surface area contributed by atoms with Crippen LogP contribution in [0.15, 0.2) is 24.3 Å². The third kappa shape index (κ3) is 5.34. The minimum absolute atomic E-state index is 0.101. The molecule has 0 fully saturated rings. The quantitative estimate of drug-likeness (QED) is 0.800. The molecule has 0 heterocycles. The van der Waals surface area contributed by atoms with Gasteiger partial charge in [0.05, 0.1) is 6.42 Å². The maximum absolute atomic E-state index is 11.5.